The smallest absolute Gasteiger partial charge is 0.265 e. The van der Waals surface area contributed by atoms with E-state index >= 15 is 0 Å². The lowest BCUT2D eigenvalue weighted by atomic mass is 9.78. The van der Waals surface area contributed by atoms with Crippen molar-refractivity contribution in [3.63, 3.8) is 0 Å². The third kappa shape index (κ3) is 4.67. The molecule has 2 aliphatic rings. The van der Waals surface area contributed by atoms with Crippen molar-refractivity contribution in [2.75, 3.05) is 17.7 Å². The van der Waals surface area contributed by atoms with E-state index in [1.54, 1.807) is 19.1 Å². The Morgan fingerprint density at radius 3 is 2.70 bits per heavy atom. The number of hydrogen-bond acceptors (Lipinski definition) is 4. The molecule has 1 aromatic carbocycles. The van der Waals surface area contributed by atoms with E-state index < -0.39 is 0 Å². The van der Waals surface area contributed by atoms with Gasteiger partial charge in [-0.05, 0) is 37.3 Å². The van der Waals surface area contributed by atoms with Crippen LogP contribution in [0.2, 0.25) is 0 Å². The van der Waals surface area contributed by atoms with Crippen molar-refractivity contribution in [2.45, 2.75) is 46.1 Å². The summed E-state index contributed by atoms with van der Waals surface area (Å²) < 4.78 is 5.47. The predicted molar refractivity (Wildman–Crippen MR) is 110 cm³/mol. The molecule has 0 spiro atoms. The first-order chi connectivity index (χ1) is 13.0. The van der Waals surface area contributed by atoms with Gasteiger partial charge in [0.25, 0.3) is 11.8 Å². The standard InChI is InChI=1S/C21H28N2O3S/c1-13-7-6-10-17(14(13)2)22-20(24)16-8-4-5-9-18(16)23-21(25)19-15(3)26-11-12-27-19/h4-5,8-9,13-14,17H,6-7,10-12H2,1-3H3,(H,22,24)(H,23,25). The molecule has 1 heterocycles. The summed E-state index contributed by atoms with van der Waals surface area (Å²) in [5, 5.41) is 6.08. The fourth-order valence-electron chi connectivity index (χ4n) is 3.73. The van der Waals surface area contributed by atoms with Crippen LogP contribution >= 0.6 is 11.8 Å². The number of carbonyl (C=O) groups excluding carboxylic acids is 2. The summed E-state index contributed by atoms with van der Waals surface area (Å²) in [7, 11) is 0. The van der Waals surface area contributed by atoms with E-state index in [1.807, 2.05) is 12.1 Å². The number of rotatable bonds is 4. The highest BCUT2D eigenvalue weighted by Crippen LogP contribution is 2.30. The molecule has 1 aliphatic carbocycles. The Labute approximate surface area is 165 Å². The van der Waals surface area contributed by atoms with E-state index in [1.165, 1.54) is 18.2 Å². The van der Waals surface area contributed by atoms with Gasteiger partial charge in [0.1, 0.15) is 10.7 Å². The van der Waals surface area contributed by atoms with Crippen LogP contribution in [0.1, 0.15) is 50.4 Å². The molecule has 1 fully saturated rings. The third-order valence-corrected chi connectivity index (χ3v) is 6.75. The summed E-state index contributed by atoms with van der Waals surface area (Å²) in [6, 6.07) is 7.35. The molecule has 1 aromatic rings. The van der Waals surface area contributed by atoms with Gasteiger partial charge in [-0.2, -0.15) is 0 Å². The van der Waals surface area contributed by atoms with E-state index in [-0.39, 0.29) is 17.9 Å². The van der Waals surface area contributed by atoms with Gasteiger partial charge < -0.3 is 15.4 Å². The molecule has 2 amide bonds. The number of allylic oxidation sites excluding steroid dienone is 1. The maximum atomic E-state index is 12.9. The molecule has 2 N–H and O–H groups in total. The van der Waals surface area contributed by atoms with Gasteiger partial charge in [0, 0.05) is 11.8 Å². The van der Waals surface area contributed by atoms with Gasteiger partial charge in [-0.1, -0.05) is 38.8 Å². The van der Waals surface area contributed by atoms with Crippen molar-refractivity contribution < 1.29 is 14.3 Å². The molecule has 1 aliphatic heterocycles. The van der Waals surface area contributed by atoms with Gasteiger partial charge in [0.15, 0.2) is 0 Å². The largest absolute Gasteiger partial charge is 0.496 e. The SMILES string of the molecule is CC1=C(C(=O)Nc2ccccc2C(=O)NC2CCCC(C)C2C)SCCO1. The summed E-state index contributed by atoms with van der Waals surface area (Å²) in [6.07, 6.45) is 3.36. The number of carbonyl (C=O) groups is 2. The lowest BCUT2D eigenvalue weighted by molar-refractivity contribution is -0.112. The second kappa shape index (κ2) is 8.83. The van der Waals surface area contributed by atoms with Gasteiger partial charge in [-0.15, -0.1) is 11.8 Å². The Morgan fingerprint density at radius 2 is 1.93 bits per heavy atom. The molecule has 3 rings (SSSR count). The molecule has 146 valence electrons. The number of nitrogens with one attached hydrogen (secondary N) is 2. The summed E-state index contributed by atoms with van der Waals surface area (Å²) in [5.41, 5.74) is 1.03. The topological polar surface area (TPSA) is 67.4 Å². The molecule has 0 aromatic heterocycles. The van der Waals surface area contributed by atoms with Crippen LogP contribution in [0.5, 0.6) is 0 Å². The van der Waals surface area contributed by atoms with Crippen molar-refractivity contribution in [1.29, 1.82) is 0 Å². The molecule has 0 radical (unpaired) electrons. The van der Waals surface area contributed by atoms with Crippen molar-refractivity contribution in [3.8, 4) is 0 Å². The van der Waals surface area contributed by atoms with Gasteiger partial charge in [0.2, 0.25) is 0 Å². The van der Waals surface area contributed by atoms with E-state index in [0.29, 0.717) is 40.4 Å². The molecule has 1 saturated carbocycles. The van der Waals surface area contributed by atoms with Crippen molar-refractivity contribution in [1.82, 2.24) is 5.32 Å². The summed E-state index contributed by atoms with van der Waals surface area (Å²) in [6.45, 7) is 6.87. The first-order valence-corrected chi connectivity index (χ1v) is 10.6. The molecular weight excluding hydrogens is 360 g/mol. The van der Waals surface area contributed by atoms with Crippen LogP contribution in [-0.4, -0.2) is 30.2 Å². The zero-order chi connectivity index (χ0) is 19.4. The Bertz CT molecular complexity index is 747. The fourth-order valence-corrected chi connectivity index (χ4v) is 4.55. The van der Waals surface area contributed by atoms with Crippen molar-refractivity contribution in [3.05, 3.63) is 40.5 Å². The third-order valence-electron chi connectivity index (χ3n) is 5.62. The minimum Gasteiger partial charge on any atom is -0.496 e. The Morgan fingerprint density at radius 1 is 1.15 bits per heavy atom. The quantitative estimate of drug-likeness (QED) is 0.812. The maximum Gasteiger partial charge on any atom is 0.265 e. The van der Waals surface area contributed by atoms with Gasteiger partial charge >= 0.3 is 0 Å². The van der Waals surface area contributed by atoms with Crippen molar-refractivity contribution >= 4 is 29.3 Å². The normalized spacial score (nSPS) is 25.5. The molecular formula is C21H28N2O3S. The highest BCUT2D eigenvalue weighted by molar-refractivity contribution is 8.04. The zero-order valence-electron chi connectivity index (χ0n) is 16.2. The minimum atomic E-state index is -0.225. The Kier molecular flexibility index (Phi) is 6.47. The monoisotopic (exact) mass is 388 g/mol. The van der Waals surface area contributed by atoms with E-state index in [2.05, 4.69) is 24.5 Å². The van der Waals surface area contributed by atoms with Crippen LogP contribution in [0.3, 0.4) is 0 Å². The number of anilines is 1. The van der Waals surface area contributed by atoms with E-state index in [9.17, 15) is 9.59 Å². The zero-order valence-corrected chi connectivity index (χ0v) is 17.0. The number of benzene rings is 1. The molecule has 0 bridgehead atoms. The lowest BCUT2D eigenvalue weighted by Gasteiger charge is -2.34. The average Bonchev–Trinajstić information content (AvgIpc) is 2.66. The number of amides is 2. The Hall–Kier alpha value is -1.95. The predicted octanol–water partition coefficient (Wildman–Crippen LogP) is 4.17. The minimum absolute atomic E-state index is 0.130. The summed E-state index contributed by atoms with van der Waals surface area (Å²) >= 11 is 1.48. The van der Waals surface area contributed by atoms with Gasteiger partial charge in [0.05, 0.1) is 17.9 Å². The molecule has 6 heteroatoms. The second-order valence-electron chi connectivity index (χ2n) is 7.43. The van der Waals surface area contributed by atoms with Gasteiger partial charge in [-0.3, -0.25) is 9.59 Å². The lowest BCUT2D eigenvalue weighted by Crippen LogP contribution is -2.43. The molecule has 0 saturated heterocycles. The fraction of sp³-hybridized carbons (Fsp3) is 0.524. The van der Waals surface area contributed by atoms with Crippen LogP contribution in [0.25, 0.3) is 0 Å². The number of thioether (sulfide) groups is 1. The number of ether oxygens (including phenoxy) is 1. The molecule has 3 unspecified atom stereocenters. The second-order valence-corrected chi connectivity index (χ2v) is 8.53. The first kappa shape index (κ1) is 19.8. The highest BCUT2D eigenvalue weighted by Gasteiger charge is 2.29. The highest BCUT2D eigenvalue weighted by atomic mass is 32.2. The molecule has 27 heavy (non-hydrogen) atoms. The maximum absolute atomic E-state index is 12.9. The van der Waals surface area contributed by atoms with E-state index in [0.717, 1.165) is 18.6 Å². The molecule has 5 nitrogen and oxygen atoms in total. The summed E-state index contributed by atoms with van der Waals surface area (Å²) in [4.78, 5) is 26.1. The van der Waals surface area contributed by atoms with Crippen LogP contribution < -0.4 is 10.6 Å². The van der Waals surface area contributed by atoms with Gasteiger partial charge in [-0.25, -0.2) is 0 Å². The van der Waals surface area contributed by atoms with Crippen LogP contribution in [0, 0.1) is 11.8 Å². The Balaban J connectivity index is 1.73. The molecule has 3 atom stereocenters. The van der Waals surface area contributed by atoms with Crippen LogP contribution in [0.15, 0.2) is 34.9 Å². The van der Waals surface area contributed by atoms with Crippen LogP contribution in [0.4, 0.5) is 5.69 Å². The summed E-state index contributed by atoms with van der Waals surface area (Å²) in [5.74, 6) is 2.09. The van der Waals surface area contributed by atoms with Crippen molar-refractivity contribution in [2.24, 2.45) is 11.8 Å². The average molecular weight is 389 g/mol. The van der Waals surface area contributed by atoms with E-state index in [4.69, 9.17) is 4.74 Å². The first-order valence-electron chi connectivity index (χ1n) is 9.65. The number of para-hydroxylation sites is 1. The van der Waals surface area contributed by atoms with Crippen LogP contribution in [-0.2, 0) is 9.53 Å². The number of hydrogen-bond donors (Lipinski definition) is 2.